The zero-order chi connectivity index (χ0) is 32.2. The zero-order valence-electron chi connectivity index (χ0n) is 26.4. The fourth-order valence-electron chi connectivity index (χ4n) is 6.87. The van der Waals surface area contributed by atoms with Gasteiger partial charge in [-0.1, -0.05) is 36.4 Å². The molecule has 1 aromatic carbocycles. The molecule has 1 saturated carbocycles. The fourth-order valence-corrected chi connectivity index (χ4v) is 6.87. The molecular formula is C35H37N11O. The number of amides is 1. The molecule has 0 bridgehead atoms. The van der Waals surface area contributed by atoms with Crippen LogP contribution in [0.5, 0.6) is 0 Å². The van der Waals surface area contributed by atoms with Crippen molar-refractivity contribution >= 4 is 11.7 Å². The van der Waals surface area contributed by atoms with E-state index in [2.05, 4.69) is 36.5 Å². The van der Waals surface area contributed by atoms with Crippen LogP contribution in [0.3, 0.4) is 0 Å². The predicted octanol–water partition coefficient (Wildman–Crippen LogP) is 4.20. The number of nitrogens with one attached hydrogen (secondary N) is 1. The highest BCUT2D eigenvalue weighted by atomic mass is 16.1. The molecule has 0 saturated heterocycles. The molecule has 4 aromatic heterocycles. The quantitative estimate of drug-likeness (QED) is 0.254. The molecule has 1 aliphatic heterocycles. The van der Waals surface area contributed by atoms with E-state index in [1.165, 1.54) is 0 Å². The number of hydrogen-bond acceptors (Lipinski definition) is 9. The van der Waals surface area contributed by atoms with Gasteiger partial charge in [0.1, 0.15) is 29.6 Å². The monoisotopic (exact) mass is 627 g/mol. The van der Waals surface area contributed by atoms with Crippen LogP contribution in [0.2, 0.25) is 0 Å². The maximum absolute atomic E-state index is 13.8. The van der Waals surface area contributed by atoms with Crippen LogP contribution in [0.25, 0.3) is 11.1 Å². The molecule has 5 heterocycles. The third-order valence-electron chi connectivity index (χ3n) is 9.42. The Hall–Kier alpha value is -5.44. The number of carbonyl (C=O) groups is 1. The summed E-state index contributed by atoms with van der Waals surface area (Å²) in [4.78, 5) is 34.6. The molecule has 238 valence electrons. The number of nitrogens with zero attached hydrogens (tertiary/aromatic N) is 10. The molecule has 2 aliphatic rings. The molecule has 0 radical (unpaired) electrons. The molecule has 1 fully saturated rings. The largest absolute Gasteiger partial charge is 0.351 e. The molecule has 12 nitrogen and oxygen atoms in total. The van der Waals surface area contributed by atoms with E-state index in [4.69, 9.17) is 9.97 Å². The van der Waals surface area contributed by atoms with Gasteiger partial charge >= 0.3 is 0 Å². The topological polar surface area (TPSA) is 143 Å². The van der Waals surface area contributed by atoms with Gasteiger partial charge in [-0.25, -0.2) is 19.6 Å². The average molecular weight is 628 g/mol. The maximum atomic E-state index is 13.8. The summed E-state index contributed by atoms with van der Waals surface area (Å²) in [6.45, 7) is 2.44. The second-order valence-electron chi connectivity index (χ2n) is 12.5. The van der Waals surface area contributed by atoms with E-state index >= 15 is 0 Å². The van der Waals surface area contributed by atoms with Gasteiger partial charge in [0.2, 0.25) is 5.91 Å². The van der Waals surface area contributed by atoms with Crippen molar-refractivity contribution in [3.63, 3.8) is 0 Å². The van der Waals surface area contributed by atoms with Gasteiger partial charge < -0.3 is 10.2 Å². The number of pyridine rings is 1. The Kier molecular flexibility index (Phi) is 8.68. The number of benzene rings is 1. The molecular weight excluding hydrogens is 590 g/mol. The van der Waals surface area contributed by atoms with Crippen molar-refractivity contribution in [2.45, 2.75) is 57.7 Å². The Morgan fingerprint density at radius 1 is 0.979 bits per heavy atom. The summed E-state index contributed by atoms with van der Waals surface area (Å²) >= 11 is 0. The second kappa shape index (κ2) is 13.5. The van der Waals surface area contributed by atoms with Crippen LogP contribution in [0, 0.1) is 23.2 Å². The van der Waals surface area contributed by atoms with Crippen LogP contribution in [0.4, 0.5) is 5.82 Å². The van der Waals surface area contributed by atoms with Crippen LogP contribution in [0.15, 0.2) is 73.6 Å². The summed E-state index contributed by atoms with van der Waals surface area (Å²) in [6, 6.07) is 16.3. The zero-order valence-corrected chi connectivity index (χ0v) is 26.4. The van der Waals surface area contributed by atoms with E-state index in [1.807, 2.05) is 72.8 Å². The molecule has 1 amide bonds. The number of anilines is 1. The Morgan fingerprint density at radius 3 is 2.57 bits per heavy atom. The lowest BCUT2D eigenvalue weighted by Crippen LogP contribution is -2.36. The normalized spacial score (nSPS) is 18.3. The van der Waals surface area contributed by atoms with E-state index in [9.17, 15) is 10.1 Å². The summed E-state index contributed by atoms with van der Waals surface area (Å²) in [6.07, 6.45) is 13.3. The Labute approximate surface area is 273 Å². The highest BCUT2D eigenvalue weighted by Crippen LogP contribution is 2.39. The van der Waals surface area contributed by atoms with E-state index in [0.717, 1.165) is 66.1 Å². The Balaban J connectivity index is 1.04. The van der Waals surface area contributed by atoms with Crippen molar-refractivity contribution in [3.05, 3.63) is 102 Å². The van der Waals surface area contributed by atoms with Crippen molar-refractivity contribution < 1.29 is 4.79 Å². The van der Waals surface area contributed by atoms with Crippen LogP contribution in [-0.4, -0.2) is 51.9 Å². The van der Waals surface area contributed by atoms with Crippen molar-refractivity contribution in [2.75, 3.05) is 11.4 Å². The molecule has 12 heteroatoms. The van der Waals surface area contributed by atoms with Crippen molar-refractivity contribution in [1.82, 2.24) is 44.8 Å². The summed E-state index contributed by atoms with van der Waals surface area (Å²) in [5, 5.41) is 21.5. The predicted molar refractivity (Wildman–Crippen MR) is 174 cm³/mol. The van der Waals surface area contributed by atoms with Gasteiger partial charge in [0.05, 0.1) is 37.1 Å². The number of aryl methyl sites for hydroxylation is 1. The SMILES string of the molecule is Cn1cc(-c2ccc(C(C(=O)NCc3ccccc3)C3CCC(Cc4ncc(C#N)c(N5CCn6ncnc6C5)n4)CC3)nc2)cn1. The summed E-state index contributed by atoms with van der Waals surface area (Å²) in [5.74, 6) is 2.50. The average Bonchev–Trinajstić information content (AvgIpc) is 3.77. The maximum Gasteiger partial charge on any atom is 0.229 e. The number of nitriles is 1. The van der Waals surface area contributed by atoms with E-state index in [-0.39, 0.29) is 17.7 Å². The highest BCUT2D eigenvalue weighted by molar-refractivity contribution is 5.83. The Morgan fingerprint density at radius 2 is 1.83 bits per heavy atom. The molecule has 1 N–H and O–H groups in total. The van der Waals surface area contributed by atoms with E-state index < -0.39 is 0 Å². The Bertz CT molecular complexity index is 1870. The molecule has 1 unspecified atom stereocenters. The molecule has 1 aliphatic carbocycles. The number of carbonyl (C=O) groups excluding carboxylic acids is 1. The standard InChI is InChI=1S/C35H37N11O/c1-44-21-29(20-41-44)27-11-12-30(37-18-27)33(35(47)39-17-25-5-3-2-4-6-25)26-9-7-24(8-10-26)15-31-38-19-28(16-36)34(43-31)45-13-14-46-32(22-45)40-23-42-46/h2-6,11-12,18-21,23-24,26,33H,7-10,13-15,17,22H2,1H3,(H,39,47). The van der Waals surface area contributed by atoms with Crippen LogP contribution in [-0.2, 0) is 37.9 Å². The van der Waals surface area contributed by atoms with Gasteiger partial charge in [0, 0.05) is 50.1 Å². The second-order valence-corrected chi connectivity index (χ2v) is 12.5. The summed E-state index contributed by atoms with van der Waals surface area (Å²) < 4.78 is 3.66. The first-order valence-electron chi connectivity index (χ1n) is 16.2. The molecule has 7 rings (SSSR count). The number of aromatic nitrogens is 8. The van der Waals surface area contributed by atoms with Gasteiger partial charge in [-0.3, -0.25) is 14.5 Å². The number of fused-ring (bicyclic) bond motifs is 1. The number of hydrogen-bond donors (Lipinski definition) is 1. The smallest absolute Gasteiger partial charge is 0.229 e. The van der Waals surface area contributed by atoms with Gasteiger partial charge in [0.15, 0.2) is 5.82 Å². The first-order valence-corrected chi connectivity index (χ1v) is 16.2. The molecule has 0 spiro atoms. The minimum atomic E-state index is -0.346. The first kappa shape index (κ1) is 30.2. The summed E-state index contributed by atoms with van der Waals surface area (Å²) in [7, 11) is 1.89. The highest BCUT2D eigenvalue weighted by Gasteiger charge is 2.35. The molecule has 5 aromatic rings. The van der Waals surface area contributed by atoms with Crippen LogP contribution in [0.1, 0.15) is 60.1 Å². The lowest BCUT2D eigenvalue weighted by Gasteiger charge is -2.33. The van der Waals surface area contributed by atoms with Crippen molar-refractivity contribution in [1.29, 1.82) is 5.26 Å². The minimum Gasteiger partial charge on any atom is -0.351 e. The van der Waals surface area contributed by atoms with E-state index in [0.29, 0.717) is 43.5 Å². The van der Waals surface area contributed by atoms with Gasteiger partial charge in [-0.05, 0) is 49.1 Å². The molecule has 47 heavy (non-hydrogen) atoms. The van der Waals surface area contributed by atoms with Crippen molar-refractivity contribution in [2.24, 2.45) is 18.9 Å². The summed E-state index contributed by atoms with van der Waals surface area (Å²) in [5.41, 5.74) is 4.30. The fraction of sp³-hybridized carbons (Fsp3) is 0.371. The lowest BCUT2D eigenvalue weighted by atomic mass is 9.73. The van der Waals surface area contributed by atoms with Crippen LogP contribution < -0.4 is 10.2 Å². The van der Waals surface area contributed by atoms with Gasteiger partial charge in [-0.15, -0.1) is 0 Å². The van der Waals surface area contributed by atoms with Gasteiger partial charge in [0.25, 0.3) is 0 Å². The third kappa shape index (κ3) is 6.74. The lowest BCUT2D eigenvalue weighted by molar-refractivity contribution is -0.124. The van der Waals surface area contributed by atoms with Crippen LogP contribution >= 0.6 is 0 Å². The van der Waals surface area contributed by atoms with Crippen molar-refractivity contribution in [3.8, 4) is 17.2 Å². The molecule has 1 atom stereocenters. The number of rotatable bonds is 9. The van der Waals surface area contributed by atoms with E-state index in [1.54, 1.807) is 17.2 Å². The van der Waals surface area contributed by atoms with Gasteiger partial charge in [-0.2, -0.15) is 15.5 Å². The minimum absolute atomic E-state index is 0.0105. The third-order valence-corrected chi connectivity index (χ3v) is 9.42. The first-order chi connectivity index (χ1) is 23.0.